The normalized spacial score (nSPS) is 11.5. The van der Waals surface area contributed by atoms with Crippen molar-refractivity contribution in [2.75, 3.05) is 5.33 Å². The maximum absolute atomic E-state index is 6.43. The van der Waals surface area contributed by atoms with Gasteiger partial charge in [0.1, 0.15) is 0 Å². The molecule has 0 aliphatic carbocycles. The van der Waals surface area contributed by atoms with Crippen LogP contribution in [-0.4, -0.2) is 14.1 Å². The Morgan fingerprint density at radius 1 is 0.552 bits per heavy atom. The lowest BCUT2D eigenvalue weighted by Crippen LogP contribution is -2.45. The van der Waals surface area contributed by atoms with Gasteiger partial charge in [0.2, 0.25) is 0 Å². The first kappa shape index (κ1) is 21.9. The molecule has 0 heterocycles. The van der Waals surface area contributed by atoms with Crippen molar-refractivity contribution < 1.29 is 13.3 Å². The van der Waals surface area contributed by atoms with Gasteiger partial charge >= 0.3 is 8.80 Å². The third-order valence-electron chi connectivity index (χ3n) is 4.52. The Morgan fingerprint density at radius 2 is 0.897 bits per heavy atom. The molecule has 0 N–H and O–H groups in total. The molecule has 0 radical (unpaired) electrons. The van der Waals surface area contributed by atoms with Gasteiger partial charge in [0, 0.05) is 11.4 Å². The Labute approximate surface area is 183 Å². The average Bonchev–Trinajstić information content (AvgIpc) is 2.80. The van der Waals surface area contributed by atoms with E-state index >= 15 is 0 Å². The molecule has 0 atom stereocenters. The third kappa shape index (κ3) is 7.53. The first-order valence-electron chi connectivity index (χ1n) is 9.89. The van der Waals surface area contributed by atoms with Crippen LogP contribution in [0, 0.1) is 0 Å². The highest BCUT2D eigenvalue weighted by Crippen LogP contribution is 2.24. The molecule has 5 heteroatoms. The molecule has 0 aromatic heterocycles. The van der Waals surface area contributed by atoms with Gasteiger partial charge in [-0.05, 0) is 23.1 Å². The molecule has 0 unspecified atom stereocenters. The smallest absolute Gasteiger partial charge is 0.369 e. The second kappa shape index (κ2) is 12.1. The monoisotopic (exact) mass is 470 g/mol. The van der Waals surface area contributed by atoms with Crippen LogP contribution in [0.15, 0.2) is 91.0 Å². The summed E-state index contributed by atoms with van der Waals surface area (Å²) in [6.45, 7) is 1.46. The highest BCUT2D eigenvalue weighted by Gasteiger charge is 2.41. The van der Waals surface area contributed by atoms with Gasteiger partial charge in [-0.3, -0.25) is 0 Å². The molecule has 29 heavy (non-hydrogen) atoms. The molecule has 0 amide bonds. The van der Waals surface area contributed by atoms with Crippen molar-refractivity contribution in [1.29, 1.82) is 0 Å². The van der Waals surface area contributed by atoms with Gasteiger partial charge in [-0.25, -0.2) is 0 Å². The van der Waals surface area contributed by atoms with Crippen LogP contribution in [0.5, 0.6) is 0 Å². The SMILES string of the molecule is BrCCC[Si](OCc1ccccc1)(OCc1ccccc1)OCc1ccccc1. The molecule has 3 aromatic rings. The fourth-order valence-corrected chi connectivity index (χ4v) is 6.18. The Morgan fingerprint density at radius 3 is 1.21 bits per heavy atom. The van der Waals surface area contributed by atoms with Gasteiger partial charge in [-0.15, -0.1) is 0 Å². The molecule has 152 valence electrons. The van der Waals surface area contributed by atoms with Crippen molar-refractivity contribution >= 4 is 24.7 Å². The molecule has 3 nitrogen and oxygen atoms in total. The molecule has 0 aliphatic rings. The van der Waals surface area contributed by atoms with Gasteiger partial charge < -0.3 is 13.3 Å². The standard InChI is InChI=1S/C24H27BrO3Si/c25-17-10-18-29(26-19-22-11-4-1-5-12-22,27-20-23-13-6-2-7-14-23)28-21-24-15-8-3-9-16-24/h1-9,11-16H,10,17-21H2. The average molecular weight is 471 g/mol. The van der Waals surface area contributed by atoms with E-state index < -0.39 is 8.80 Å². The van der Waals surface area contributed by atoms with Crippen molar-refractivity contribution in [2.24, 2.45) is 0 Å². The second-order valence-corrected chi connectivity index (χ2v) is 10.3. The van der Waals surface area contributed by atoms with Gasteiger partial charge in [0.25, 0.3) is 0 Å². The van der Waals surface area contributed by atoms with E-state index in [2.05, 4.69) is 52.3 Å². The molecule has 0 bridgehead atoms. The number of halogens is 1. The maximum Gasteiger partial charge on any atom is 0.501 e. The van der Waals surface area contributed by atoms with Gasteiger partial charge in [0.05, 0.1) is 19.8 Å². The lowest BCUT2D eigenvalue weighted by Gasteiger charge is -2.30. The summed E-state index contributed by atoms with van der Waals surface area (Å²) >= 11 is 3.55. The molecule has 0 aliphatic heterocycles. The Hall–Kier alpha value is -1.76. The van der Waals surface area contributed by atoms with E-state index in [0.29, 0.717) is 19.8 Å². The summed E-state index contributed by atoms with van der Waals surface area (Å²) in [6.07, 6.45) is 0.935. The van der Waals surface area contributed by atoms with E-state index in [-0.39, 0.29) is 0 Å². The van der Waals surface area contributed by atoms with Crippen LogP contribution in [0.3, 0.4) is 0 Å². The Bertz CT molecular complexity index is 709. The summed E-state index contributed by atoms with van der Waals surface area (Å²) in [6, 6.07) is 31.3. The van der Waals surface area contributed by atoms with Gasteiger partial charge in [0.15, 0.2) is 0 Å². The molecule has 3 rings (SSSR count). The van der Waals surface area contributed by atoms with E-state index in [0.717, 1.165) is 34.5 Å². The van der Waals surface area contributed by atoms with Crippen LogP contribution >= 0.6 is 15.9 Å². The number of alkyl halides is 1. The zero-order valence-corrected chi connectivity index (χ0v) is 19.1. The molecule has 3 aromatic carbocycles. The van der Waals surface area contributed by atoms with Crippen molar-refractivity contribution in [3.8, 4) is 0 Å². The van der Waals surface area contributed by atoms with Crippen molar-refractivity contribution in [2.45, 2.75) is 32.3 Å². The van der Waals surface area contributed by atoms with Crippen molar-refractivity contribution in [3.05, 3.63) is 108 Å². The van der Waals surface area contributed by atoms with Crippen LogP contribution in [0.1, 0.15) is 23.1 Å². The fraction of sp³-hybridized carbons (Fsp3) is 0.250. The summed E-state index contributed by atoms with van der Waals surface area (Å²) in [4.78, 5) is 0. The van der Waals surface area contributed by atoms with Crippen molar-refractivity contribution in [3.63, 3.8) is 0 Å². The number of hydrogen-bond donors (Lipinski definition) is 0. The lowest BCUT2D eigenvalue weighted by molar-refractivity contribution is 0.0426. The third-order valence-corrected chi connectivity index (χ3v) is 7.80. The highest BCUT2D eigenvalue weighted by molar-refractivity contribution is 9.09. The van der Waals surface area contributed by atoms with Crippen LogP contribution in [0.2, 0.25) is 6.04 Å². The summed E-state index contributed by atoms with van der Waals surface area (Å²) in [5.74, 6) is 0. The Kier molecular flexibility index (Phi) is 9.12. The molecule has 0 spiro atoms. The van der Waals surface area contributed by atoms with Crippen LogP contribution in [-0.2, 0) is 33.1 Å². The highest BCUT2D eigenvalue weighted by atomic mass is 79.9. The minimum absolute atomic E-state index is 0.485. The lowest BCUT2D eigenvalue weighted by atomic mass is 10.2. The van der Waals surface area contributed by atoms with Crippen molar-refractivity contribution in [1.82, 2.24) is 0 Å². The minimum atomic E-state index is -2.89. The van der Waals surface area contributed by atoms with Gasteiger partial charge in [-0.1, -0.05) is 107 Å². The topological polar surface area (TPSA) is 27.7 Å². The summed E-state index contributed by atoms with van der Waals surface area (Å²) in [5.41, 5.74) is 3.36. The number of hydrogen-bond acceptors (Lipinski definition) is 3. The largest absolute Gasteiger partial charge is 0.501 e. The van der Waals surface area contributed by atoms with E-state index in [1.54, 1.807) is 0 Å². The van der Waals surface area contributed by atoms with Crippen LogP contribution in [0.4, 0.5) is 0 Å². The zero-order valence-electron chi connectivity index (χ0n) is 16.5. The molecular weight excluding hydrogens is 444 g/mol. The number of benzene rings is 3. The summed E-state index contributed by atoms with van der Waals surface area (Å²) < 4.78 is 19.3. The van der Waals surface area contributed by atoms with Gasteiger partial charge in [-0.2, -0.15) is 0 Å². The van der Waals surface area contributed by atoms with Crippen LogP contribution < -0.4 is 0 Å². The van der Waals surface area contributed by atoms with Crippen LogP contribution in [0.25, 0.3) is 0 Å². The predicted molar refractivity (Wildman–Crippen MR) is 123 cm³/mol. The van der Waals surface area contributed by atoms with E-state index in [9.17, 15) is 0 Å². The maximum atomic E-state index is 6.43. The molecular formula is C24H27BrO3Si. The first-order chi connectivity index (χ1) is 14.3. The molecule has 0 saturated carbocycles. The van der Waals surface area contributed by atoms with E-state index in [1.807, 2.05) is 54.6 Å². The molecule has 0 saturated heterocycles. The quantitative estimate of drug-likeness (QED) is 0.227. The zero-order chi connectivity index (χ0) is 20.2. The summed E-state index contributed by atoms with van der Waals surface area (Å²) in [7, 11) is -2.89. The minimum Gasteiger partial charge on any atom is -0.369 e. The Balaban J connectivity index is 1.75. The second-order valence-electron chi connectivity index (χ2n) is 6.80. The first-order valence-corrected chi connectivity index (χ1v) is 12.9. The van der Waals surface area contributed by atoms with E-state index in [1.165, 1.54) is 0 Å². The molecule has 0 fully saturated rings. The number of rotatable bonds is 12. The fourth-order valence-electron chi connectivity index (χ4n) is 2.93. The summed E-state index contributed by atoms with van der Waals surface area (Å²) in [5, 5.41) is 0.889. The predicted octanol–water partition coefficient (Wildman–Crippen LogP) is 6.36. The van der Waals surface area contributed by atoms with E-state index in [4.69, 9.17) is 13.3 Å².